The molecule has 1 aliphatic rings. The fourth-order valence-corrected chi connectivity index (χ4v) is 2.83. The Morgan fingerprint density at radius 3 is 2.29 bits per heavy atom. The molecule has 0 spiro atoms. The minimum atomic E-state index is -1.21. The number of aryl methyl sites for hydroxylation is 1. The molecular weight excluding hydrogens is 367 g/mol. The molecule has 7 nitrogen and oxygen atoms in total. The van der Waals surface area contributed by atoms with E-state index in [0.717, 1.165) is 4.90 Å². The zero-order chi connectivity index (χ0) is 20.4. The van der Waals surface area contributed by atoms with Crippen molar-refractivity contribution in [1.29, 1.82) is 0 Å². The zero-order valence-electron chi connectivity index (χ0n) is 15.2. The molecule has 0 aromatic heterocycles. The third-order valence-corrected chi connectivity index (χ3v) is 4.30. The van der Waals surface area contributed by atoms with Crippen LogP contribution in [0.1, 0.15) is 33.2 Å². The standard InChI is InChI=1S/C20H17FN2O5/c1-11-7-8-16(15(21)9-11)22-17(24)10-28-20(27)12(2)23-18(25)13-5-3-4-6-14(13)19(23)26/h3-9,12H,10H2,1-2H3,(H,22,24)/t12-/m0/s1. The van der Waals surface area contributed by atoms with Gasteiger partial charge in [0.2, 0.25) is 0 Å². The number of imide groups is 1. The first-order valence-corrected chi connectivity index (χ1v) is 8.49. The second-order valence-electron chi connectivity index (χ2n) is 6.34. The highest BCUT2D eigenvalue weighted by molar-refractivity contribution is 6.22. The van der Waals surface area contributed by atoms with E-state index in [1.807, 2.05) is 0 Å². The fourth-order valence-electron chi connectivity index (χ4n) is 2.83. The highest BCUT2D eigenvalue weighted by atomic mass is 19.1. The summed E-state index contributed by atoms with van der Waals surface area (Å²) < 4.78 is 18.6. The minimum absolute atomic E-state index is 0.0416. The van der Waals surface area contributed by atoms with Crippen molar-refractivity contribution in [3.8, 4) is 0 Å². The molecule has 0 aliphatic carbocycles. The Labute approximate surface area is 160 Å². The lowest BCUT2D eigenvalue weighted by Crippen LogP contribution is -2.44. The molecular formula is C20H17FN2O5. The highest BCUT2D eigenvalue weighted by Gasteiger charge is 2.41. The number of carbonyl (C=O) groups excluding carboxylic acids is 4. The van der Waals surface area contributed by atoms with Crippen molar-refractivity contribution in [2.75, 3.05) is 11.9 Å². The summed E-state index contributed by atoms with van der Waals surface area (Å²) >= 11 is 0. The fraction of sp³-hybridized carbons (Fsp3) is 0.200. The summed E-state index contributed by atoms with van der Waals surface area (Å²) in [7, 11) is 0. The first-order chi connectivity index (χ1) is 13.3. The van der Waals surface area contributed by atoms with Crippen molar-refractivity contribution in [1.82, 2.24) is 4.90 Å². The number of carbonyl (C=O) groups is 4. The van der Waals surface area contributed by atoms with Crippen LogP contribution in [-0.4, -0.2) is 41.2 Å². The van der Waals surface area contributed by atoms with Gasteiger partial charge in [-0.15, -0.1) is 0 Å². The predicted molar refractivity (Wildman–Crippen MR) is 97.1 cm³/mol. The van der Waals surface area contributed by atoms with Crippen LogP contribution >= 0.6 is 0 Å². The van der Waals surface area contributed by atoms with Gasteiger partial charge in [-0.25, -0.2) is 9.18 Å². The van der Waals surface area contributed by atoms with Gasteiger partial charge in [0.25, 0.3) is 17.7 Å². The van der Waals surface area contributed by atoms with Crippen LogP contribution < -0.4 is 5.32 Å². The van der Waals surface area contributed by atoms with E-state index in [1.54, 1.807) is 25.1 Å². The Kier molecular flexibility index (Phi) is 5.21. The molecule has 3 rings (SSSR count). The summed E-state index contributed by atoms with van der Waals surface area (Å²) in [4.78, 5) is 49.7. The molecule has 144 valence electrons. The molecule has 3 amide bonds. The number of hydrogen-bond donors (Lipinski definition) is 1. The van der Waals surface area contributed by atoms with Gasteiger partial charge in [-0.3, -0.25) is 19.3 Å². The molecule has 2 aromatic carbocycles. The van der Waals surface area contributed by atoms with Crippen LogP contribution in [0, 0.1) is 12.7 Å². The molecule has 0 radical (unpaired) electrons. The largest absolute Gasteiger partial charge is 0.454 e. The number of benzene rings is 2. The van der Waals surface area contributed by atoms with Crippen molar-refractivity contribution in [3.05, 3.63) is 65.0 Å². The summed E-state index contributed by atoms with van der Waals surface area (Å²) in [6.45, 7) is 2.36. The number of rotatable bonds is 5. The lowest BCUT2D eigenvalue weighted by Gasteiger charge is -2.20. The van der Waals surface area contributed by atoms with Crippen LogP contribution in [0.5, 0.6) is 0 Å². The second-order valence-corrected chi connectivity index (χ2v) is 6.34. The number of ether oxygens (including phenoxy) is 1. The Morgan fingerprint density at radius 1 is 1.11 bits per heavy atom. The number of nitrogens with zero attached hydrogens (tertiary/aromatic N) is 1. The van der Waals surface area contributed by atoms with Gasteiger partial charge >= 0.3 is 5.97 Å². The van der Waals surface area contributed by atoms with Crippen molar-refractivity contribution in [3.63, 3.8) is 0 Å². The molecule has 0 saturated heterocycles. The van der Waals surface area contributed by atoms with Crippen LogP contribution in [0.4, 0.5) is 10.1 Å². The summed E-state index contributed by atoms with van der Waals surface area (Å²) in [5, 5.41) is 2.29. The van der Waals surface area contributed by atoms with E-state index in [4.69, 9.17) is 4.74 Å². The third kappa shape index (κ3) is 3.62. The maximum absolute atomic E-state index is 13.8. The Hall–Kier alpha value is -3.55. The van der Waals surface area contributed by atoms with E-state index in [9.17, 15) is 23.6 Å². The van der Waals surface area contributed by atoms with Crippen LogP contribution in [0.3, 0.4) is 0 Å². The van der Waals surface area contributed by atoms with Crippen molar-refractivity contribution in [2.45, 2.75) is 19.9 Å². The molecule has 0 saturated carbocycles. The SMILES string of the molecule is Cc1ccc(NC(=O)COC(=O)[C@H](C)N2C(=O)c3ccccc3C2=O)c(F)c1. The van der Waals surface area contributed by atoms with Crippen LogP contribution in [-0.2, 0) is 14.3 Å². The van der Waals surface area contributed by atoms with Crippen molar-refractivity contribution < 1.29 is 28.3 Å². The van der Waals surface area contributed by atoms with Gasteiger partial charge in [0.05, 0.1) is 16.8 Å². The Morgan fingerprint density at radius 2 is 1.71 bits per heavy atom. The first kappa shape index (κ1) is 19.2. The molecule has 1 heterocycles. The third-order valence-electron chi connectivity index (χ3n) is 4.30. The Bertz CT molecular complexity index is 953. The smallest absolute Gasteiger partial charge is 0.329 e. The van der Waals surface area contributed by atoms with Gasteiger partial charge in [0.15, 0.2) is 6.61 Å². The molecule has 0 bridgehead atoms. The highest BCUT2D eigenvalue weighted by Crippen LogP contribution is 2.24. The molecule has 2 aromatic rings. The van der Waals surface area contributed by atoms with Gasteiger partial charge in [-0.05, 0) is 43.7 Å². The quantitative estimate of drug-likeness (QED) is 0.631. The van der Waals surface area contributed by atoms with E-state index in [0.29, 0.717) is 5.56 Å². The van der Waals surface area contributed by atoms with Gasteiger partial charge in [-0.1, -0.05) is 18.2 Å². The molecule has 0 unspecified atom stereocenters. The monoisotopic (exact) mass is 384 g/mol. The van der Waals surface area contributed by atoms with Crippen LogP contribution in [0.2, 0.25) is 0 Å². The van der Waals surface area contributed by atoms with Gasteiger partial charge < -0.3 is 10.1 Å². The maximum Gasteiger partial charge on any atom is 0.329 e. The lowest BCUT2D eigenvalue weighted by molar-refractivity contribution is -0.150. The number of anilines is 1. The minimum Gasteiger partial charge on any atom is -0.454 e. The molecule has 0 fully saturated rings. The predicted octanol–water partition coefficient (Wildman–Crippen LogP) is 2.30. The number of esters is 1. The average molecular weight is 384 g/mol. The van der Waals surface area contributed by atoms with Crippen LogP contribution in [0.15, 0.2) is 42.5 Å². The summed E-state index contributed by atoms with van der Waals surface area (Å²) in [5.74, 6) is -3.48. The van der Waals surface area contributed by atoms with Crippen molar-refractivity contribution in [2.24, 2.45) is 0 Å². The van der Waals surface area contributed by atoms with Gasteiger partial charge in [0, 0.05) is 0 Å². The second kappa shape index (κ2) is 7.59. The number of halogens is 1. The number of amides is 3. The number of hydrogen-bond acceptors (Lipinski definition) is 5. The number of fused-ring (bicyclic) bond motifs is 1. The summed E-state index contributed by atoms with van der Waals surface area (Å²) in [6.07, 6.45) is 0. The summed E-state index contributed by atoms with van der Waals surface area (Å²) in [5.41, 5.74) is 1.07. The van der Waals surface area contributed by atoms with E-state index in [-0.39, 0.29) is 16.8 Å². The lowest BCUT2D eigenvalue weighted by atomic mass is 10.1. The van der Waals surface area contributed by atoms with E-state index < -0.39 is 42.2 Å². The normalized spacial score (nSPS) is 13.9. The van der Waals surface area contributed by atoms with Gasteiger partial charge in [-0.2, -0.15) is 0 Å². The number of nitrogens with one attached hydrogen (secondary N) is 1. The zero-order valence-corrected chi connectivity index (χ0v) is 15.2. The maximum atomic E-state index is 13.8. The summed E-state index contributed by atoms with van der Waals surface area (Å²) in [6, 6.07) is 9.29. The van der Waals surface area contributed by atoms with E-state index in [1.165, 1.54) is 31.2 Å². The average Bonchev–Trinajstić information content (AvgIpc) is 2.92. The molecule has 1 atom stereocenters. The molecule has 1 aliphatic heterocycles. The van der Waals surface area contributed by atoms with Crippen LogP contribution in [0.25, 0.3) is 0 Å². The van der Waals surface area contributed by atoms with E-state index in [2.05, 4.69) is 5.32 Å². The molecule has 28 heavy (non-hydrogen) atoms. The topological polar surface area (TPSA) is 92.8 Å². The van der Waals surface area contributed by atoms with Crippen molar-refractivity contribution >= 4 is 29.4 Å². The molecule has 1 N–H and O–H groups in total. The molecule has 8 heteroatoms. The first-order valence-electron chi connectivity index (χ1n) is 8.49. The van der Waals surface area contributed by atoms with Gasteiger partial charge in [0.1, 0.15) is 11.9 Å². The van der Waals surface area contributed by atoms with E-state index >= 15 is 0 Å². The Balaban J connectivity index is 1.60.